The molecule has 0 radical (unpaired) electrons. The summed E-state index contributed by atoms with van der Waals surface area (Å²) >= 11 is 5.95. The number of nitrogens with zero attached hydrogens (tertiary/aromatic N) is 2. The average Bonchev–Trinajstić information content (AvgIpc) is 3.07. The number of benzene rings is 1. The van der Waals surface area contributed by atoms with E-state index >= 15 is 0 Å². The van der Waals surface area contributed by atoms with Crippen molar-refractivity contribution in [3.63, 3.8) is 0 Å². The molecule has 1 unspecified atom stereocenters. The molecule has 2 aromatic rings. The van der Waals surface area contributed by atoms with Crippen LogP contribution in [0.5, 0.6) is 0 Å². The minimum absolute atomic E-state index is 0.0643. The standard InChI is InChI=1S/C20H27ClN4O2/c1-5-14(4)24-18(26)10-11-22-20(27)17-12-23-25(19(17)13(2)3)16-8-6-15(21)7-9-16/h6-9,12-14H,5,10-11H2,1-4H3,(H,22,27)(H,24,26). The maximum atomic E-state index is 12.6. The van der Waals surface area contributed by atoms with Crippen molar-refractivity contribution >= 4 is 23.4 Å². The van der Waals surface area contributed by atoms with Crippen molar-refractivity contribution in [2.75, 3.05) is 6.54 Å². The smallest absolute Gasteiger partial charge is 0.254 e. The van der Waals surface area contributed by atoms with E-state index in [4.69, 9.17) is 11.6 Å². The van der Waals surface area contributed by atoms with Gasteiger partial charge in [-0.3, -0.25) is 9.59 Å². The Bertz CT molecular complexity index is 784. The Morgan fingerprint density at radius 3 is 2.44 bits per heavy atom. The third-order valence-corrected chi connectivity index (χ3v) is 4.58. The largest absolute Gasteiger partial charge is 0.354 e. The van der Waals surface area contributed by atoms with Gasteiger partial charge < -0.3 is 10.6 Å². The van der Waals surface area contributed by atoms with Gasteiger partial charge in [0, 0.05) is 24.0 Å². The number of amides is 2. The fraction of sp³-hybridized carbons (Fsp3) is 0.450. The molecule has 0 spiro atoms. The highest BCUT2D eigenvalue weighted by molar-refractivity contribution is 6.30. The maximum Gasteiger partial charge on any atom is 0.254 e. The lowest BCUT2D eigenvalue weighted by Gasteiger charge is -2.14. The fourth-order valence-corrected chi connectivity index (χ4v) is 2.84. The molecule has 1 atom stereocenters. The third kappa shape index (κ3) is 5.57. The van der Waals surface area contributed by atoms with Crippen LogP contribution >= 0.6 is 11.6 Å². The summed E-state index contributed by atoms with van der Waals surface area (Å²) in [5.41, 5.74) is 2.18. The molecule has 2 rings (SSSR count). The summed E-state index contributed by atoms with van der Waals surface area (Å²) in [5, 5.41) is 10.7. The van der Waals surface area contributed by atoms with Crippen molar-refractivity contribution in [2.24, 2.45) is 0 Å². The zero-order chi connectivity index (χ0) is 20.0. The van der Waals surface area contributed by atoms with E-state index in [-0.39, 0.29) is 36.7 Å². The highest BCUT2D eigenvalue weighted by atomic mass is 35.5. The predicted octanol–water partition coefficient (Wildman–Crippen LogP) is 3.68. The van der Waals surface area contributed by atoms with Gasteiger partial charge in [0.2, 0.25) is 5.91 Å². The zero-order valence-electron chi connectivity index (χ0n) is 16.3. The van der Waals surface area contributed by atoms with Gasteiger partial charge in [-0.2, -0.15) is 5.10 Å². The molecule has 1 aromatic carbocycles. The van der Waals surface area contributed by atoms with Crippen molar-refractivity contribution in [3.8, 4) is 5.69 Å². The van der Waals surface area contributed by atoms with Gasteiger partial charge in [0.1, 0.15) is 0 Å². The Morgan fingerprint density at radius 2 is 1.85 bits per heavy atom. The van der Waals surface area contributed by atoms with Crippen LogP contribution in [0.3, 0.4) is 0 Å². The van der Waals surface area contributed by atoms with Crippen LogP contribution in [0.2, 0.25) is 5.02 Å². The van der Waals surface area contributed by atoms with Gasteiger partial charge in [0.15, 0.2) is 0 Å². The summed E-state index contributed by atoms with van der Waals surface area (Å²) < 4.78 is 1.76. The zero-order valence-corrected chi connectivity index (χ0v) is 17.0. The molecule has 27 heavy (non-hydrogen) atoms. The van der Waals surface area contributed by atoms with Crippen molar-refractivity contribution in [1.29, 1.82) is 0 Å². The van der Waals surface area contributed by atoms with Gasteiger partial charge in [-0.1, -0.05) is 32.4 Å². The van der Waals surface area contributed by atoms with Crippen LogP contribution < -0.4 is 10.6 Å². The van der Waals surface area contributed by atoms with Gasteiger partial charge in [-0.05, 0) is 43.5 Å². The molecule has 1 heterocycles. The van der Waals surface area contributed by atoms with Gasteiger partial charge in [0.25, 0.3) is 5.91 Å². The number of carbonyl (C=O) groups is 2. The van der Waals surface area contributed by atoms with E-state index in [1.807, 2.05) is 39.8 Å². The number of aromatic nitrogens is 2. The lowest BCUT2D eigenvalue weighted by atomic mass is 10.0. The van der Waals surface area contributed by atoms with Crippen LogP contribution in [-0.4, -0.2) is 34.2 Å². The molecule has 6 nitrogen and oxygen atoms in total. The number of hydrogen-bond acceptors (Lipinski definition) is 3. The molecule has 0 aliphatic heterocycles. The summed E-state index contributed by atoms with van der Waals surface area (Å²) in [6.45, 7) is 8.28. The van der Waals surface area contributed by atoms with Crippen LogP contribution in [0.4, 0.5) is 0 Å². The second kappa shape index (κ2) is 9.55. The average molecular weight is 391 g/mol. The Hall–Kier alpha value is -2.34. The van der Waals surface area contributed by atoms with E-state index in [2.05, 4.69) is 15.7 Å². The van der Waals surface area contributed by atoms with Crippen molar-refractivity contribution < 1.29 is 9.59 Å². The van der Waals surface area contributed by atoms with Gasteiger partial charge in [-0.25, -0.2) is 4.68 Å². The predicted molar refractivity (Wildman–Crippen MR) is 108 cm³/mol. The Balaban J connectivity index is 2.08. The lowest BCUT2D eigenvalue weighted by molar-refractivity contribution is -0.121. The molecule has 0 saturated heterocycles. The summed E-state index contributed by atoms with van der Waals surface area (Å²) in [7, 11) is 0. The first-order valence-corrected chi connectivity index (χ1v) is 9.62. The minimum atomic E-state index is -0.227. The number of nitrogens with one attached hydrogen (secondary N) is 2. The summed E-state index contributed by atoms with van der Waals surface area (Å²) in [6, 6.07) is 7.44. The Kier molecular flexibility index (Phi) is 7.42. The molecular formula is C20H27ClN4O2. The van der Waals surface area contributed by atoms with Gasteiger partial charge in [0.05, 0.1) is 23.1 Å². The maximum absolute atomic E-state index is 12.6. The monoisotopic (exact) mass is 390 g/mol. The first-order chi connectivity index (χ1) is 12.8. The third-order valence-electron chi connectivity index (χ3n) is 4.33. The van der Waals surface area contributed by atoms with Crippen LogP contribution in [0.15, 0.2) is 30.5 Å². The summed E-state index contributed by atoms with van der Waals surface area (Å²) in [6.07, 6.45) is 2.69. The number of carbonyl (C=O) groups excluding carboxylic acids is 2. The normalized spacial score (nSPS) is 12.1. The molecule has 7 heteroatoms. The molecular weight excluding hydrogens is 364 g/mol. The van der Waals surface area contributed by atoms with E-state index < -0.39 is 0 Å². The van der Waals surface area contributed by atoms with Crippen LogP contribution in [-0.2, 0) is 4.79 Å². The van der Waals surface area contributed by atoms with Crippen LogP contribution in [0, 0.1) is 0 Å². The number of rotatable bonds is 8. The molecule has 0 aliphatic carbocycles. The Labute approximate surface area is 165 Å². The molecule has 0 aliphatic rings. The van der Waals surface area contributed by atoms with Gasteiger partial charge >= 0.3 is 0 Å². The number of halogens is 1. The molecule has 1 aromatic heterocycles. The second-order valence-corrected chi connectivity index (χ2v) is 7.31. The van der Waals surface area contributed by atoms with Crippen LogP contribution in [0.25, 0.3) is 5.69 Å². The van der Waals surface area contributed by atoms with Crippen molar-refractivity contribution in [1.82, 2.24) is 20.4 Å². The molecule has 2 amide bonds. The molecule has 2 N–H and O–H groups in total. The lowest BCUT2D eigenvalue weighted by Crippen LogP contribution is -2.35. The topological polar surface area (TPSA) is 76.0 Å². The second-order valence-electron chi connectivity index (χ2n) is 6.87. The molecule has 146 valence electrons. The van der Waals surface area contributed by atoms with E-state index in [1.54, 1.807) is 23.0 Å². The van der Waals surface area contributed by atoms with E-state index in [1.165, 1.54) is 0 Å². The van der Waals surface area contributed by atoms with Crippen LogP contribution in [0.1, 0.15) is 62.5 Å². The molecule has 0 fully saturated rings. The van der Waals surface area contributed by atoms with Crippen molar-refractivity contribution in [2.45, 2.75) is 52.5 Å². The first-order valence-electron chi connectivity index (χ1n) is 9.24. The summed E-state index contributed by atoms with van der Waals surface area (Å²) in [5.74, 6) is -0.196. The van der Waals surface area contributed by atoms with E-state index in [0.717, 1.165) is 17.8 Å². The Morgan fingerprint density at radius 1 is 1.19 bits per heavy atom. The first kappa shape index (κ1) is 21.0. The molecule has 0 bridgehead atoms. The highest BCUT2D eigenvalue weighted by Gasteiger charge is 2.21. The number of hydrogen-bond donors (Lipinski definition) is 2. The fourth-order valence-electron chi connectivity index (χ4n) is 2.71. The minimum Gasteiger partial charge on any atom is -0.354 e. The molecule has 0 saturated carbocycles. The van der Waals surface area contributed by atoms with E-state index in [9.17, 15) is 9.59 Å². The quantitative estimate of drug-likeness (QED) is 0.721. The van der Waals surface area contributed by atoms with E-state index in [0.29, 0.717) is 10.6 Å². The SMILES string of the molecule is CCC(C)NC(=O)CCNC(=O)c1cnn(-c2ccc(Cl)cc2)c1C(C)C. The summed E-state index contributed by atoms with van der Waals surface area (Å²) in [4.78, 5) is 24.4. The highest BCUT2D eigenvalue weighted by Crippen LogP contribution is 2.24. The van der Waals surface area contributed by atoms with Crippen molar-refractivity contribution in [3.05, 3.63) is 46.7 Å². The van der Waals surface area contributed by atoms with Gasteiger partial charge in [-0.15, -0.1) is 0 Å².